The number of anilines is 1. The molecule has 0 spiro atoms. The Morgan fingerprint density at radius 3 is 2.35 bits per heavy atom. The highest BCUT2D eigenvalue weighted by atomic mass is 16.2. The van der Waals surface area contributed by atoms with Gasteiger partial charge in [-0.3, -0.25) is 9.59 Å². The van der Waals surface area contributed by atoms with Crippen molar-refractivity contribution in [1.82, 2.24) is 5.32 Å². The van der Waals surface area contributed by atoms with Crippen LogP contribution in [0.5, 0.6) is 0 Å². The van der Waals surface area contributed by atoms with E-state index < -0.39 is 0 Å². The number of benzene rings is 1. The van der Waals surface area contributed by atoms with Crippen LogP contribution in [0.3, 0.4) is 0 Å². The molecule has 1 aliphatic rings. The average molecular weight is 361 g/mol. The van der Waals surface area contributed by atoms with Crippen LogP contribution in [0.15, 0.2) is 18.2 Å². The van der Waals surface area contributed by atoms with Crippen LogP contribution in [0.4, 0.5) is 5.69 Å². The maximum absolute atomic E-state index is 12.4. The van der Waals surface area contributed by atoms with Gasteiger partial charge in [-0.15, -0.1) is 0 Å². The van der Waals surface area contributed by atoms with Crippen LogP contribution >= 0.6 is 0 Å². The molecule has 0 aromatic heterocycles. The summed E-state index contributed by atoms with van der Waals surface area (Å²) < 4.78 is 0. The predicted octanol–water partition coefficient (Wildman–Crippen LogP) is 1.70. The normalized spacial score (nSPS) is 24.0. The molecule has 3 N–H and O–H groups in total. The first-order chi connectivity index (χ1) is 12.3. The Balaban J connectivity index is 1.81. The van der Waals surface area contributed by atoms with Gasteiger partial charge in [-0.2, -0.15) is 0 Å². The third-order valence-corrected chi connectivity index (χ3v) is 5.72. The molecule has 26 heavy (non-hydrogen) atoms. The Bertz CT molecular complexity index is 624. The number of carbonyl (C=O) groups excluding carboxylic acids is 2. The zero-order valence-electron chi connectivity index (χ0n) is 16.8. The van der Waals surface area contributed by atoms with E-state index in [4.69, 9.17) is 0 Å². The highest BCUT2D eigenvalue weighted by Crippen LogP contribution is 2.29. The van der Waals surface area contributed by atoms with Crippen molar-refractivity contribution in [2.24, 2.45) is 11.8 Å². The first-order valence-corrected chi connectivity index (χ1v) is 9.74. The molecule has 0 bridgehead atoms. The molecule has 2 amide bonds. The molecule has 4 atom stereocenters. The van der Waals surface area contributed by atoms with Crippen LogP contribution < -0.4 is 15.5 Å². The van der Waals surface area contributed by atoms with E-state index in [1.807, 2.05) is 39.1 Å². The predicted molar refractivity (Wildman–Crippen MR) is 105 cm³/mol. The molecule has 1 saturated carbocycles. The number of quaternary nitrogens is 1. The molecule has 0 radical (unpaired) electrons. The van der Waals surface area contributed by atoms with Crippen molar-refractivity contribution >= 4 is 17.5 Å². The summed E-state index contributed by atoms with van der Waals surface area (Å²) in [7, 11) is 1.89. The topological polar surface area (TPSA) is 62.6 Å². The fourth-order valence-electron chi connectivity index (χ4n) is 3.85. The molecule has 5 heteroatoms. The van der Waals surface area contributed by atoms with Gasteiger partial charge in [-0.25, -0.2) is 0 Å². The van der Waals surface area contributed by atoms with Gasteiger partial charge in [0, 0.05) is 11.7 Å². The van der Waals surface area contributed by atoms with Gasteiger partial charge < -0.3 is 15.5 Å². The van der Waals surface area contributed by atoms with Crippen molar-refractivity contribution in [1.29, 1.82) is 0 Å². The number of nitrogens with one attached hydrogen (secondary N) is 3. The molecule has 0 aliphatic heterocycles. The van der Waals surface area contributed by atoms with Crippen LogP contribution in [0.25, 0.3) is 0 Å². The quantitative estimate of drug-likeness (QED) is 0.723. The summed E-state index contributed by atoms with van der Waals surface area (Å²) in [6.07, 6.45) is 3.48. The Hall–Kier alpha value is -1.88. The van der Waals surface area contributed by atoms with Crippen molar-refractivity contribution in [2.75, 3.05) is 25.5 Å². The van der Waals surface area contributed by atoms with Gasteiger partial charge in [0.05, 0.1) is 7.05 Å². The smallest absolute Gasteiger partial charge is 0.279 e. The van der Waals surface area contributed by atoms with E-state index in [1.54, 1.807) is 0 Å². The van der Waals surface area contributed by atoms with E-state index in [9.17, 15) is 9.59 Å². The van der Waals surface area contributed by atoms with Crippen LogP contribution in [0.2, 0.25) is 0 Å². The van der Waals surface area contributed by atoms with Crippen molar-refractivity contribution in [3.8, 4) is 0 Å². The summed E-state index contributed by atoms with van der Waals surface area (Å²) in [5.74, 6) is 1.14. The molecule has 1 aliphatic carbocycles. The Labute approximate surface area is 157 Å². The molecular weight excluding hydrogens is 326 g/mol. The second-order valence-electron chi connectivity index (χ2n) is 8.07. The fraction of sp³-hybridized carbons (Fsp3) is 0.619. The van der Waals surface area contributed by atoms with Crippen molar-refractivity contribution in [3.05, 3.63) is 29.3 Å². The minimum absolute atomic E-state index is 0.0355. The van der Waals surface area contributed by atoms with Gasteiger partial charge in [0.25, 0.3) is 11.8 Å². The third-order valence-electron chi connectivity index (χ3n) is 5.72. The van der Waals surface area contributed by atoms with Gasteiger partial charge in [0.2, 0.25) is 0 Å². The summed E-state index contributed by atoms with van der Waals surface area (Å²) in [6, 6.07) is 6.22. The number of para-hydroxylation sites is 1. The molecule has 1 aromatic rings. The van der Waals surface area contributed by atoms with E-state index >= 15 is 0 Å². The fourth-order valence-corrected chi connectivity index (χ4v) is 3.85. The lowest BCUT2D eigenvalue weighted by Crippen LogP contribution is -3.11. The number of hydrogen-bond donors (Lipinski definition) is 3. The van der Waals surface area contributed by atoms with Crippen LogP contribution in [0, 0.1) is 25.7 Å². The van der Waals surface area contributed by atoms with Crippen molar-refractivity contribution in [2.45, 2.75) is 53.0 Å². The standard InChI is InChI=1S/C21H33N3O2/c1-14-8-7-11-18(17(14)4)22-19(25)12-24(5)13-20(26)23-21-15(2)9-6-10-16(21)3/h6,9-10,14,17-18H,7-8,11-13H2,1-5H3,(H,22,25)(H,23,26)/p+1/t14-,17-,18-/m0/s1. The SMILES string of the molecule is Cc1cccc(C)c1NC(=O)C[NH+](C)CC(=O)N[C@H]1CCC[C@H](C)[C@@H]1C. The molecule has 2 rings (SSSR count). The second kappa shape index (κ2) is 9.17. The largest absolute Gasteiger partial charge is 0.348 e. The molecule has 5 nitrogen and oxygen atoms in total. The maximum Gasteiger partial charge on any atom is 0.279 e. The van der Waals surface area contributed by atoms with Crippen LogP contribution in [-0.4, -0.2) is 38.0 Å². The number of hydrogen-bond acceptors (Lipinski definition) is 2. The maximum atomic E-state index is 12.4. The van der Waals surface area contributed by atoms with Gasteiger partial charge in [-0.05, 0) is 43.2 Å². The summed E-state index contributed by atoms with van der Waals surface area (Å²) in [4.78, 5) is 25.6. The summed E-state index contributed by atoms with van der Waals surface area (Å²) >= 11 is 0. The number of rotatable bonds is 6. The lowest BCUT2D eigenvalue weighted by Gasteiger charge is -2.34. The second-order valence-corrected chi connectivity index (χ2v) is 8.07. The number of amides is 2. The lowest BCUT2D eigenvalue weighted by atomic mass is 9.78. The molecule has 1 fully saturated rings. The van der Waals surface area contributed by atoms with Crippen molar-refractivity contribution in [3.63, 3.8) is 0 Å². The molecule has 1 unspecified atom stereocenters. The van der Waals surface area contributed by atoms with Crippen LogP contribution in [-0.2, 0) is 9.59 Å². The Kier molecular flexibility index (Phi) is 7.21. The highest BCUT2D eigenvalue weighted by molar-refractivity contribution is 5.93. The minimum Gasteiger partial charge on any atom is -0.348 e. The van der Waals surface area contributed by atoms with E-state index in [1.165, 1.54) is 12.8 Å². The van der Waals surface area contributed by atoms with Gasteiger partial charge >= 0.3 is 0 Å². The van der Waals surface area contributed by atoms with Crippen LogP contribution in [0.1, 0.15) is 44.2 Å². The highest BCUT2D eigenvalue weighted by Gasteiger charge is 2.28. The van der Waals surface area contributed by atoms with E-state index in [2.05, 4.69) is 24.5 Å². The molecule has 1 aromatic carbocycles. The Morgan fingerprint density at radius 1 is 1.08 bits per heavy atom. The van der Waals surface area contributed by atoms with Gasteiger partial charge in [0.1, 0.15) is 0 Å². The molecule has 144 valence electrons. The van der Waals surface area contributed by atoms with Gasteiger partial charge in [0.15, 0.2) is 13.1 Å². The zero-order chi connectivity index (χ0) is 19.3. The molecular formula is C21H34N3O2+. The van der Waals surface area contributed by atoms with Crippen molar-refractivity contribution < 1.29 is 14.5 Å². The number of carbonyl (C=O) groups is 2. The number of aryl methyl sites for hydroxylation is 2. The Morgan fingerprint density at radius 2 is 1.69 bits per heavy atom. The third kappa shape index (κ3) is 5.56. The molecule has 0 heterocycles. The van der Waals surface area contributed by atoms with E-state index in [0.29, 0.717) is 18.4 Å². The number of likely N-dealkylation sites (N-methyl/N-ethyl adjacent to an activating group) is 1. The summed E-state index contributed by atoms with van der Waals surface area (Å²) in [5.41, 5.74) is 2.98. The summed E-state index contributed by atoms with van der Waals surface area (Å²) in [6.45, 7) is 9.05. The minimum atomic E-state index is -0.0626. The molecule has 0 saturated heterocycles. The first kappa shape index (κ1) is 20.4. The van der Waals surface area contributed by atoms with E-state index in [0.717, 1.165) is 28.1 Å². The monoisotopic (exact) mass is 360 g/mol. The lowest BCUT2D eigenvalue weighted by molar-refractivity contribution is -0.862. The zero-order valence-corrected chi connectivity index (χ0v) is 16.8. The average Bonchev–Trinajstić information content (AvgIpc) is 2.55. The van der Waals surface area contributed by atoms with E-state index in [-0.39, 0.29) is 24.4 Å². The first-order valence-electron chi connectivity index (χ1n) is 9.74. The summed E-state index contributed by atoms with van der Waals surface area (Å²) in [5, 5.41) is 6.17. The van der Waals surface area contributed by atoms with Gasteiger partial charge in [-0.1, -0.05) is 44.9 Å².